The van der Waals surface area contributed by atoms with E-state index in [0.29, 0.717) is 5.88 Å². The normalized spacial score (nSPS) is 9.88. The van der Waals surface area contributed by atoms with E-state index in [-0.39, 0.29) is 6.01 Å². The molecule has 82 valence electrons. The van der Waals surface area contributed by atoms with Crippen molar-refractivity contribution in [1.29, 1.82) is 0 Å². The maximum atomic E-state index is 5.17. The zero-order chi connectivity index (χ0) is 11.4. The van der Waals surface area contributed by atoms with Gasteiger partial charge in [-0.05, 0) is 12.1 Å². The number of aromatic nitrogens is 3. The lowest BCUT2D eigenvalue weighted by atomic mass is 10.2. The molecule has 0 aliphatic rings. The summed E-state index contributed by atoms with van der Waals surface area (Å²) in [5.41, 5.74) is 1.51. The average molecular weight is 217 g/mol. The molecule has 2 rings (SSSR count). The Bertz CT molecular complexity index is 474. The van der Waals surface area contributed by atoms with Crippen LogP contribution in [-0.4, -0.2) is 29.2 Å². The lowest BCUT2D eigenvalue weighted by Crippen LogP contribution is -1.98. The maximum absolute atomic E-state index is 5.17. The topological polar surface area (TPSA) is 57.1 Å². The van der Waals surface area contributed by atoms with E-state index in [1.807, 2.05) is 18.2 Å². The van der Waals surface area contributed by atoms with Crippen LogP contribution in [0.2, 0.25) is 0 Å². The van der Waals surface area contributed by atoms with E-state index in [0.717, 1.165) is 11.3 Å². The molecule has 0 fully saturated rings. The molecular weight excluding hydrogens is 206 g/mol. The summed E-state index contributed by atoms with van der Waals surface area (Å²) in [6, 6.07) is 5.89. The summed E-state index contributed by atoms with van der Waals surface area (Å²) in [4.78, 5) is 12.3. The van der Waals surface area contributed by atoms with Crippen molar-refractivity contribution in [3.63, 3.8) is 0 Å². The smallest absolute Gasteiger partial charge is 0.319 e. The number of hydrogen-bond donors (Lipinski definition) is 0. The van der Waals surface area contributed by atoms with Crippen molar-refractivity contribution in [1.82, 2.24) is 15.0 Å². The Morgan fingerprint density at radius 3 is 2.56 bits per heavy atom. The molecule has 16 heavy (non-hydrogen) atoms. The molecule has 0 unspecified atom stereocenters. The van der Waals surface area contributed by atoms with E-state index in [2.05, 4.69) is 15.0 Å². The van der Waals surface area contributed by atoms with Gasteiger partial charge < -0.3 is 9.47 Å². The summed E-state index contributed by atoms with van der Waals surface area (Å²) in [5.74, 6) is 0.450. The van der Waals surface area contributed by atoms with Crippen molar-refractivity contribution in [3.05, 3.63) is 30.6 Å². The van der Waals surface area contributed by atoms with Crippen molar-refractivity contribution in [2.24, 2.45) is 0 Å². The molecule has 2 aromatic heterocycles. The predicted molar refractivity (Wildman–Crippen MR) is 58.4 cm³/mol. The molecule has 2 heterocycles. The minimum Gasteiger partial charge on any atom is -0.480 e. The molecule has 0 N–H and O–H groups in total. The van der Waals surface area contributed by atoms with Gasteiger partial charge in [-0.3, -0.25) is 4.98 Å². The second-order valence-corrected chi connectivity index (χ2v) is 2.99. The van der Waals surface area contributed by atoms with Gasteiger partial charge in [-0.15, -0.1) is 0 Å². The van der Waals surface area contributed by atoms with Gasteiger partial charge in [0.15, 0.2) is 0 Å². The lowest BCUT2D eigenvalue weighted by Gasteiger charge is -2.07. The highest BCUT2D eigenvalue weighted by Gasteiger charge is 2.10. The quantitative estimate of drug-likeness (QED) is 0.780. The summed E-state index contributed by atoms with van der Waals surface area (Å²) in [6.07, 6.45) is 3.34. The van der Waals surface area contributed by atoms with Crippen LogP contribution in [0.25, 0.3) is 11.3 Å². The third kappa shape index (κ3) is 1.93. The summed E-state index contributed by atoms with van der Waals surface area (Å²) < 4.78 is 10.1. The fourth-order valence-corrected chi connectivity index (χ4v) is 1.30. The van der Waals surface area contributed by atoms with Crippen molar-refractivity contribution in [3.8, 4) is 23.1 Å². The number of rotatable bonds is 3. The number of pyridine rings is 1. The zero-order valence-corrected chi connectivity index (χ0v) is 9.04. The number of hydrogen-bond acceptors (Lipinski definition) is 5. The van der Waals surface area contributed by atoms with Gasteiger partial charge in [-0.25, -0.2) is 4.98 Å². The second-order valence-electron chi connectivity index (χ2n) is 2.99. The van der Waals surface area contributed by atoms with Gasteiger partial charge in [-0.1, -0.05) is 6.07 Å². The molecule has 0 aliphatic carbocycles. The molecular formula is C11H11N3O2. The minimum absolute atomic E-state index is 0.275. The SMILES string of the molecule is COc1ncc(-c2ccccn2)c(OC)n1. The first-order chi connectivity index (χ1) is 7.85. The Morgan fingerprint density at radius 2 is 1.94 bits per heavy atom. The number of methoxy groups -OCH3 is 2. The van der Waals surface area contributed by atoms with Crippen LogP contribution in [-0.2, 0) is 0 Å². The molecule has 0 amide bonds. The summed E-state index contributed by atoms with van der Waals surface area (Å²) in [5, 5.41) is 0. The third-order valence-electron chi connectivity index (χ3n) is 2.05. The Morgan fingerprint density at radius 1 is 1.06 bits per heavy atom. The van der Waals surface area contributed by atoms with E-state index in [1.165, 1.54) is 7.11 Å². The van der Waals surface area contributed by atoms with Gasteiger partial charge in [0.2, 0.25) is 5.88 Å². The van der Waals surface area contributed by atoms with Crippen LogP contribution in [0.15, 0.2) is 30.6 Å². The molecule has 0 atom stereocenters. The highest BCUT2D eigenvalue weighted by atomic mass is 16.5. The second kappa shape index (κ2) is 4.57. The molecule has 0 spiro atoms. The highest BCUT2D eigenvalue weighted by molar-refractivity contribution is 5.63. The van der Waals surface area contributed by atoms with Gasteiger partial charge >= 0.3 is 6.01 Å². The van der Waals surface area contributed by atoms with Crippen LogP contribution in [0, 0.1) is 0 Å². The summed E-state index contributed by atoms with van der Waals surface area (Å²) in [7, 11) is 3.06. The fraction of sp³-hybridized carbons (Fsp3) is 0.182. The Kier molecular flexibility index (Phi) is 2.95. The first kappa shape index (κ1) is 10.4. The largest absolute Gasteiger partial charge is 0.480 e. The molecule has 0 bridgehead atoms. The molecule has 5 nitrogen and oxygen atoms in total. The summed E-state index contributed by atoms with van der Waals surface area (Å²) in [6.45, 7) is 0. The van der Waals surface area contributed by atoms with Gasteiger partial charge in [0.1, 0.15) is 0 Å². The van der Waals surface area contributed by atoms with Crippen molar-refractivity contribution in [2.45, 2.75) is 0 Å². The van der Waals surface area contributed by atoms with Crippen molar-refractivity contribution >= 4 is 0 Å². The Hall–Kier alpha value is -2.17. The molecule has 2 aromatic rings. The number of nitrogens with zero attached hydrogens (tertiary/aromatic N) is 3. The Labute approximate surface area is 93.1 Å². The van der Waals surface area contributed by atoms with Gasteiger partial charge in [0.05, 0.1) is 25.5 Å². The monoisotopic (exact) mass is 217 g/mol. The molecule has 0 saturated heterocycles. The maximum Gasteiger partial charge on any atom is 0.319 e. The van der Waals surface area contributed by atoms with E-state index in [4.69, 9.17) is 9.47 Å². The molecule has 5 heteroatoms. The standard InChI is InChI=1S/C11H11N3O2/c1-15-10-8(7-13-11(14-10)16-2)9-5-3-4-6-12-9/h3-7H,1-2H3. The first-order valence-electron chi connectivity index (χ1n) is 4.71. The number of ether oxygens (including phenoxy) is 2. The van der Waals surface area contributed by atoms with E-state index in [9.17, 15) is 0 Å². The van der Waals surface area contributed by atoms with Crippen LogP contribution in [0.4, 0.5) is 0 Å². The molecule has 0 saturated carbocycles. The van der Waals surface area contributed by atoms with Gasteiger partial charge in [-0.2, -0.15) is 4.98 Å². The van der Waals surface area contributed by atoms with Crippen LogP contribution in [0.5, 0.6) is 11.9 Å². The van der Waals surface area contributed by atoms with Crippen LogP contribution in [0.1, 0.15) is 0 Å². The third-order valence-corrected chi connectivity index (χ3v) is 2.05. The Balaban J connectivity index is 2.49. The average Bonchev–Trinajstić information content (AvgIpc) is 2.39. The van der Waals surface area contributed by atoms with Crippen LogP contribution < -0.4 is 9.47 Å². The molecule has 0 aliphatic heterocycles. The molecule has 0 radical (unpaired) electrons. The fourth-order valence-electron chi connectivity index (χ4n) is 1.30. The lowest BCUT2D eigenvalue weighted by molar-refractivity contribution is 0.353. The van der Waals surface area contributed by atoms with Gasteiger partial charge in [0.25, 0.3) is 0 Å². The van der Waals surface area contributed by atoms with Crippen LogP contribution in [0.3, 0.4) is 0 Å². The van der Waals surface area contributed by atoms with Crippen LogP contribution >= 0.6 is 0 Å². The summed E-state index contributed by atoms with van der Waals surface area (Å²) >= 11 is 0. The van der Waals surface area contributed by atoms with Crippen molar-refractivity contribution in [2.75, 3.05) is 14.2 Å². The predicted octanol–water partition coefficient (Wildman–Crippen LogP) is 1.56. The highest BCUT2D eigenvalue weighted by Crippen LogP contribution is 2.26. The zero-order valence-electron chi connectivity index (χ0n) is 9.04. The van der Waals surface area contributed by atoms with E-state index >= 15 is 0 Å². The van der Waals surface area contributed by atoms with Crippen molar-refractivity contribution < 1.29 is 9.47 Å². The molecule has 0 aromatic carbocycles. The first-order valence-corrected chi connectivity index (χ1v) is 4.71. The van der Waals surface area contributed by atoms with E-state index < -0.39 is 0 Å². The van der Waals surface area contributed by atoms with E-state index in [1.54, 1.807) is 19.5 Å². The minimum atomic E-state index is 0.275. The van der Waals surface area contributed by atoms with Gasteiger partial charge in [0, 0.05) is 12.4 Å².